The first kappa shape index (κ1) is 12.8. The molecule has 0 radical (unpaired) electrons. The van der Waals surface area contributed by atoms with Crippen LogP contribution in [0.5, 0.6) is 0 Å². The molecule has 1 fully saturated rings. The molecule has 1 heterocycles. The molecule has 0 aliphatic heterocycles. The summed E-state index contributed by atoms with van der Waals surface area (Å²) >= 11 is 7.69. The van der Waals surface area contributed by atoms with Crippen molar-refractivity contribution in [2.24, 2.45) is 0 Å². The average Bonchev–Trinajstić information content (AvgIpc) is 3.21. The van der Waals surface area contributed by atoms with Crippen molar-refractivity contribution in [3.63, 3.8) is 0 Å². The highest BCUT2D eigenvalue weighted by Crippen LogP contribution is 2.38. The average molecular weight is 293 g/mol. The number of nitrogens with zero attached hydrogens (tertiary/aromatic N) is 1. The van der Waals surface area contributed by atoms with E-state index in [0.29, 0.717) is 11.7 Å². The van der Waals surface area contributed by atoms with Gasteiger partial charge in [0.05, 0.1) is 16.5 Å². The molecule has 1 aromatic carbocycles. The molecular weight excluding hydrogens is 280 g/mol. The normalized spacial score (nSPS) is 14.6. The summed E-state index contributed by atoms with van der Waals surface area (Å²) in [5, 5.41) is 0.730. The van der Waals surface area contributed by atoms with Crippen LogP contribution in [-0.4, -0.2) is 9.97 Å². The Bertz CT molecular complexity index is 652. The molecule has 0 unspecified atom stereocenters. The Balaban J connectivity index is 1.76. The van der Waals surface area contributed by atoms with Gasteiger partial charge < -0.3 is 4.98 Å². The molecule has 1 aromatic heterocycles. The van der Waals surface area contributed by atoms with Crippen LogP contribution in [0.25, 0.3) is 0 Å². The molecule has 2 aromatic rings. The number of aromatic nitrogens is 2. The van der Waals surface area contributed by atoms with Crippen LogP contribution in [0.1, 0.15) is 30.3 Å². The smallest absolute Gasteiger partial charge is 0.251 e. The number of thioether (sulfide) groups is 1. The fourth-order valence-electron chi connectivity index (χ4n) is 1.89. The molecule has 98 valence electrons. The van der Waals surface area contributed by atoms with Crippen LogP contribution in [-0.2, 0) is 5.75 Å². The summed E-state index contributed by atoms with van der Waals surface area (Å²) in [6, 6.07) is 9.29. The van der Waals surface area contributed by atoms with Crippen molar-refractivity contribution in [3.8, 4) is 0 Å². The first-order chi connectivity index (χ1) is 9.22. The second kappa shape index (κ2) is 5.39. The number of H-pyrrole nitrogens is 1. The Morgan fingerprint density at radius 1 is 1.37 bits per heavy atom. The number of halogens is 1. The summed E-state index contributed by atoms with van der Waals surface area (Å²) in [6.07, 6.45) is 2.29. The fourth-order valence-corrected chi connectivity index (χ4v) is 3.00. The van der Waals surface area contributed by atoms with Gasteiger partial charge in [0.15, 0.2) is 0 Å². The van der Waals surface area contributed by atoms with Crippen molar-refractivity contribution in [1.82, 2.24) is 9.97 Å². The Morgan fingerprint density at radius 2 is 2.16 bits per heavy atom. The highest BCUT2D eigenvalue weighted by molar-refractivity contribution is 7.98. The zero-order valence-corrected chi connectivity index (χ0v) is 11.8. The van der Waals surface area contributed by atoms with E-state index in [1.807, 2.05) is 24.3 Å². The topological polar surface area (TPSA) is 45.8 Å². The molecule has 0 atom stereocenters. The van der Waals surface area contributed by atoms with Gasteiger partial charge in [0.25, 0.3) is 5.56 Å². The number of hydrogen-bond acceptors (Lipinski definition) is 3. The van der Waals surface area contributed by atoms with Crippen LogP contribution in [0.4, 0.5) is 0 Å². The summed E-state index contributed by atoms with van der Waals surface area (Å²) in [5.74, 6) is 1.84. The predicted molar refractivity (Wildman–Crippen MR) is 77.8 cm³/mol. The van der Waals surface area contributed by atoms with Crippen LogP contribution in [0.15, 0.2) is 40.0 Å². The maximum Gasteiger partial charge on any atom is 0.251 e. The number of aromatic amines is 1. The zero-order valence-electron chi connectivity index (χ0n) is 10.2. The minimum absolute atomic E-state index is 0.0633. The molecule has 3 rings (SSSR count). The fraction of sp³-hybridized carbons (Fsp3) is 0.286. The van der Waals surface area contributed by atoms with Gasteiger partial charge >= 0.3 is 0 Å². The maximum absolute atomic E-state index is 11.6. The van der Waals surface area contributed by atoms with Crippen molar-refractivity contribution < 1.29 is 0 Å². The minimum atomic E-state index is -0.0633. The van der Waals surface area contributed by atoms with E-state index in [4.69, 9.17) is 11.6 Å². The highest BCUT2D eigenvalue weighted by atomic mass is 35.5. The first-order valence-electron chi connectivity index (χ1n) is 6.20. The van der Waals surface area contributed by atoms with Gasteiger partial charge in [-0.05, 0) is 25.0 Å². The third-order valence-corrected chi connectivity index (χ3v) is 4.53. The van der Waals surface area contributed by atoms with Gasteiger partial charge in [-0.25, -0.2) is 4.98 Å². The molecule has 1 N–H and O–H groups in total. The molecule has 0 bridgehead atoms. The summed E-state index contributed by atoms with van der Waals surface area (Å²) in [4.78, 5) is 19.9. The van der Waals surface area contributed by atoms with Crippen molar-refractivity contribution >= 4 is 23.4 Å². The van der Waals surface area contributed by atoms with E-state index < -0.39 is 0 Å². The van der Waals surface area contributed by atoms with E-state index in [0.717, 1.165) is 34.3 Å². The van der Waals surface area contributed by atoms with E-state index in [-0.39, 0.29) is 5.56 Å². The van der Waals surface area contributed by atoms with E-state index in [1.165, 1.54) is 0 Å². The lowest BCUT2D eigenvalue weighted by molar-refractivity contribution is 0.912. The molecule has 19 heavy (non-hydrogen) atoms. The van der Waals surface area contributed by atoms with Crippen molar-refractivity contribution in [2.75, 3.05) is 0 Å². The molecule has 5 heteroatoms. The minimum Gasteiger partial charge on any atom is -0.310 e. The van der Waals surface area contributed by atoms with E-state index in [1.54, 1.807) is 17.8 Å². The monoisotopic (exact) mass is 292 g/mol. The van der Waals surface area contributed by atoms with Gasteiger partial charge in [-0.2, -0.15) is 0 Å². The Morgan fingerprint density at radius 3 is 2.89 bits per heavy atom. The summed E-state index contributed by atoms with van der Waals surface area (Å²) in [7, 11) is 0. The van der Waals surface area contributed by atoms with Crippen molar-refractivity contribution in [2.45, 2.75) is 29.4 Å². The molecule has 0 amide bonds. The SMILES string of the molecule is O=c1cc(C2CC2)nc(CSc2ccccc2Cl)[nH]1. The lowest BCUT2D eigenvalue weighted by Crippen LogP contribution is -2.11. The molecule has 1 aliphatic carbocycles. The Labute approximate surface area is 120 Å². The second-order valence-corrected chi connectivity index (χ2v) is 6.03. The highest BCUT2D eigenvalue weighted by Gasteiger charge is 2.25. The zero-order chi connectivity index (χ0) is 13.2. The molecule has 1 saturated carbocycles. The predicted octanol–water partition coefficient (Wildman–Crippen LogP) is 3.59. The van der Waals surface area contributed by atoms with Crippen molar-refractivity contribution in [3.05, 3.63) is 57.2 Å². The quantitative estimate of drug-likeness (QED) is 0.876. The van der Waals surface area contributed by atoms with Gasteiger partial charge in [0.2, 0.25) is 0 Å². The summed E-state index contributed by atoms with van der Waals surface area (Å²) in [6.45, 7) is 0. The Hall–Kier alpha value is -1.26. The first-order valence-corrected chi connectivity index (χ1v) is 7.56. The molecule has 0 spiro atoms. The van der Waals surface area contributed by atoms with Gasteiger partial charge in [-0.3, -0.25) is 4.79 Å². The maximum atomic E-state index is 11.6. The molecule has 1 aliphatic rings. The third kappa shape index (κ3) is 3.19. The van der Waals surface area contributed by atoms with Gasteiger partial charge in [0.1, 0.15) is 5.82 Å². The number of nitrogens with one attached hydrogen (secondary N) is 1. The third-order valence-electron chi connectivity index (χ3n) is 3.01. The number of benzene rings is 1. The summed E-state index contributed by atoms with van der Waals surface area (Å²) in [5.41, 5.74) is 0.866. The number of rotatable bonds is 4. The van der Waals surface area contributed by atoms with E-state index in [9.17, 15) is 4.79 Å². The van der Waals surface area contributed by atoms with Crippen LogP contribution in [0.3, 0.4) is 0 Å². The van der Waals surface area contributed by atoms with E-state index >= 15 is 0 Å². The number of hydrogen-bond donors (Lipinski definition) is 1. The van der Waals surface area contributed by atoms with Gasteiger partial charge in [0, 0.05) is 16.9 Å². The van der Waals surface area contributed by atoms with Crippen LogP contribution < -0.4 is 5.56 Å². The summed E-state index contributed by atoms with van der Waals surface area (Å²) < 4.78 is 0. The lowest BCUT2D eigenvalue weighted by Gasteiger charge is -2.05. The van der Waals surface area contributed by atoms with E-state index in [2.05, 4.69) is 9.97 Å². The molecule has 3 nitrogen and oxygen atoms in total. The van der Waals surface area contributed by atoms with Crippen LogP contribution in [0.2, 0.25) is 5.02 Å². The van der Waals surface area contributed by atoms with Gasteiger partial charge in [-0.1, -0.05) is 23.7 Å². The van der Waals surface area contributed by atoms with Crippen LogP contribution >= 0.6 is 23.4 Å². The van der Waals surface area contributed by atoms with Crippen LogP contribution in [0, 0.1) is 0 Å². The standard InChI is InChI=1S/C14H13ClN2OS/c15-10-3-1-2-4-12(10)19-8-13-16-11(9-5-6-9)7-14(18)17-13/h1-4,7,9H,5-6,8H2,(H,16,17,18). The largest absolute Gasteiger partial charge is 0.310 e. The van der Waals surface area contributed by atoms with Crippen molar-refractivity contribution in [1.29, 1.82) is 0 Å². The second-order valence-electron chi connectivity index (χ2n) is 4.61. The lowest BCUT2D eigenvalue weighted by atomic mass is 10.3. The Kier molecular flexibility index (Phi) is 3.62. The molecular formula is C14H13ClN2OS. The molecule has 0 saturated heterocycles. The van der Waals surface area contributed by atoms with Gasteiger partial charge in [-0.15, -0.1) is 11.8 Å².